The molecule has 5 heteroatoms. The third kappa shape index (κ3) is 3.84. The third-order valence-electron chi connectivity index (χ3n) is 2.26. The quantitative estimate of drug-likeness (QED) is 0.792. The van der Waals surface area contributed by atoms with Crippen molar-refractivity contribution < 1.29 is 9.90 Å². The van der Waals surface area contributed by atoms with Crippen molar-refractivity contribution in [1.82, 2.24) is 9.97 Å². The minimum absolute atomic E-state index is 0.184. The number of carboxylic acids is 1. The second kappa shape index (κ2) is 6.05. The van der Waals surface area contributed by atoms with E-state index in [1.54, 1.807) is 18.6 Å². The number of nitrogens with zero attached hydrogens (tertiary/aromatic N) is 3. The Morgan fingerprint density at radius 2 is 2.25 bits per heavy atom. The fraction of sp³-hybridized carbons (Fsp3) is 0.545. The molecule has 0 aliphatic carbocycles. The van der Waals surface area contributed by atoms with E-state index in [0.717, 1.165) is 5.82 Å². The number of hydrogen-bond acceptors (Lipinski definition) is 4. The molecule has 0 atom stereocenters. The summed E-state index contributed by atoms with van der Waals surface area (Å²) in [6.07, 6.45) is 5.76. The van der Waals surface area contributed by atoms with Crippen molar-refractivity contribution in [2.75, 3.05) is 11.4 Å². The van der Waals surface area contributed by atoms with Crippen molar-refractivity contribution in [1.29, 1.82) is 0 Å². The largest absolute Gasteiger partial charge is 0.481 e. The molecule has 1 rings (SSSR count). The summed E-state index contributed by atoms with van der Waals surface area (Å²) < 4.78 is 0. The van der Waals surface area contributed by atoms with Crippen molar-refractivity contribution in [3.8, 4) is 0 Å². The highest BCUT2D eigenvalue weighted by molar-refractivity contribution is 5.66. The molecule has 5 nitrogen and oxygen atoms in total. The average molecular weight is 223 g/mol. The van der Waals surface area contributed by atoms with Crippen LogP contribution in [0.15, 0.2) is 18.6 Å². The number of aromatic nitrogens is 2. The van der Waals surface area contributed by atoms with Crippen molar-refractivity contribution in [3.63, 3.8) is 0 Å². The summed E-state index contributed by atoms with van der Waals surface area (Å²) in [5.41, 5.74) is 0. The Morgan fingerprint density at radius 3 is 2.75 bits per heavy atom. The summed E-state index contributed by atoms with van der Waals surface area (Å²) >= 11 is 0. The predicted octanol–water partition coefficient (Wildman–Crippen LogP) is 1.56. The van der Waals surface area contributed by atoms with Gasteiger partial charge in [0.2, 0.25) is 0 Å². The van der Waals surface area contributed by atoms with Crippen LogP contribution < -0.4 is 4.90 Å². The van der Waals surface area contributed by atoms with Gasteiger partial charge in [-0.3, -0.25) is 9.78 Å². The van der Waals surface area contributed by atoms with Gasteiger partial charge in [-0.1, -0.05) is 0 Å². The van der Waals surface area contributed by atoms with E-state index in [1.807, 2.05) is 0 Å². The summed E-state index contributed by atoms with van der Waals surface area (Å²) in [6.45, 7) is 4.79. The molecule has 0 fully saturated rings. The molecule has 1 aromatic rings. The second-order valence-corrected chi connectivity index (χ2v) is 3.85. The molecule has 0 unspecified atom stereocenters. The lowest BCUT2D eigenvalue weighted by Crippen LogP contribution is -2.32. The minimum atomic E-state index is -0.761. The first-order valence-corrected chi connectivity index (χ1v) is 5.35. The van der Waals surface area contributed by atoms with E-state index in [0.29, 0.717) is 13.0 Å². The van der Waals surface area contributed by atoms with Gasteiger partial charge in [0.1, 0.15) is 5.82 Å². The molecule has 0 amide bonds. The summed E-state index contributed by atoms with van der Waals surface area (Å²) in [5, 5.41) is 8.59. The predicted molar refractivity (Wildman–Crippen MR) is 61.4 cm³/mol. The highest BCUT2D eigenvalue weighted by atomic mass is 16.4. The standard InChI is InChI=1S/C11H17N3O2/c1-9(2)14(7-3-4-11(15)16)10-8-12-5-6-13-10/h5-6,8-9H,3-4,7H2,1-2H3,(H,15,16). The SMILES string of the molecule is CC(C)N(CCCC(=O)O)c1cnccn1. The number of carboxylic acid groups (broad SMARTS) is 1. The molecule has 1 aromatic heterocycles. The lowest BCUT2D eigenvalue weighted by Gasteiger charge is -2.27. The molecule has 0 radical (unpaired) electrons. The maximum absolute atomic E-state index is 10.4. The number of aliphatic carboxylic acids is 1. The normalized spacial score (nSPS) is 10.4. The van der Waals surface area contributed by atoms with Gasteiger partial charge in [0.25, 0.3) is 0 Å². The second-order valence-electron chi connectivity index (χ2n) is 3.85. The summed E-state index contributed by atoms with van der Waals surface area (Å²) in [4.78, 5) is 20.7. The molecule has 16 heavy (non-hydrogen) atoms. The minimum Gasteiger partial charge on any atom is -0.481 e. The van der Waals surface area contributed by atoms with Crippen molar-refractivity contribution in [3.05, 3.63) is 18.6 Å². The Kier molecular flexibility index (Phi) is 4.69. The molecule has 0 saturated heterocycles. The first-order chi connectivity index (χ1) is 7.61. The van der Waals surface area contributed by atoms with Crippen LogP contribution in [0.4, 0.5) is 5.82 Å². The zero-order valence-corrected chi connectivity index (χ0v) is 9.63. The van der Waals surface area contributed by atoms with E-state index in [4.69, 9.17) is 5.11 Å². The Hall–Kier alpha value is -1.65. The van der Waals surface area contributed by atoms with Gasteiger partial charge in [-0.2, -0.15) is 0 Å². The van der Waals surface area contributed by atoms with Gasteiger partial charge in [-0.05, 0) is 20.3 Å². The van der Waals surface area contributed by atoms with Gasteiger partial charge in [0, 0.05) is 31.4 Å². The number of anilines is 1. The van der Waals surface area contributed by atoms with Crippen molar-refractivity contribution in [2.24, 2.45) is 0 Å². The number of hydrogen-bond donors (Lipinski definition) is 1. The van der Waals surface area contributed by atoms with E-state index in [-0.39, 0.29) is 12.5 Å². The van der Waals surface area contributed by atoms with E-state index in [1.165, 1.54) is 0 Å². The Bertz CT molecular complexity index is 327. The van der Waals surface area contributed by atoms with Gasteiger partial charge in [0.15, 0.2) is 0 Å². The van der Waals surface area contributed by atoms with Gasteiger partial charge < -0.3 is 10.0 Å². The lowest BCUT2D eigenvalue weighted by molar-refractivity contribution is -0.137. The first kappa shape index (κ1) is 12.4. The fourth-order valence-electron chi connectivity index (χ4n) is 1.48. The zero-order valence-electron chi connectivity index (χ0n) is 9.63. The molecule has 1 heterocycles. The number of rotatable bonds is 6. The molecular formula is C11H17N3O2. The first-order valence-electron chi connectivity index (χ1n) is 5.35. The van der Waals surface area contributed by atoms with Crippen LogP contribution in [-0.2, 0) is 4.79 Å². The molecule has 0 saturated carbocycles. The molecule has 0 spiro atoms. The zero-order chi connectivity index (χ0) is 12.0. The van der Waals surface area contributed by atoms with Crippen LogP contribution in [-0.4, -0.2) is 33.6 Å². The highest BCUT2D eigenvalue weighted by Crippen LogP contribution is 2.12. The van der Waals surface area contributed by atoms with Crippen LogP contribution in [0.25, 0.3) is 0 Å². The molecule has 88 valence electrons. The van der Waals surface area contributed by atoms with Crippen LogP contribution in [0.5, 0.6) is 0 Å². The summed E-state index contributed by atoms with van der Waals surface area (Å²) in [6, 6.07) is 0.283. The third-order valence-corrected chi connectivity index (χ3v) is 2.26. The summed E-state index contributed by atoms with van der Waals surface area (Å²) in [5.74, 6) is 0.0331. The van der Waals surface area contributed by atoms with Crippen LogP contribution in [0, 0.1) is 0 Å². The molecule has 0 bridgehead atoms. The Balaban J connectivity index is 2.58. The Labute approximate surface area is 95.1 Å². The monoisotopic (exact) mass is 223 g/mol. The molecule has 0 aliphatic rings. The molecule has 0 aromatic carbocycles. The number of carbonyl (C=O) groups is 1. The van der Waals surface area contributed by atoms with E-state index < -0.39 is 5.97 Å². The molecule has 0 aliphatic heterocycles. The lowest BCUT2D eigenvalue weighted by atomic mass is 10.2. The Morgan fingerprint density at radius 1 is 1.50 bits per heavy atom. The van der Waals surface area contributed by atoms with Gasteiger partial charge in [-0.25, -0.2) is 4.98 Å². The van der Waals surface area contributed by atoms with Crippen LogP contribution in [0.2, 0.25) is 0 Å². The summed E-state index contributed by atoms with van der Waals surface area (Å²) in [7, 11) is 0. The highest BCUT2D eigenvalue weighted by Gasteiger charge is 2.11. The maximum atomic E-state index is 10.4. The average Bonchev–Trinajstić information content (AvgIpc) is 2.25. The van der Waals surface area contributed by atoms with E-state index in [9.17, 15) is 4.79 Å². The van der Waals surface area contributed by atoms with Gasteiger partial charge in [0.05, 0.1) is 6.20 Å². The van der Waals surface area contributed by atoms with Gasteiger partial charge >= 0.3 is 5.97 Å². The van der Waals surface area contributed by atoms with Crippen LogP contribution >= 0.6 is 0 Å². The van der Waals surface area contributed by atoms with Crippen molar-refractivity contribution >= 4 is 11.8 Å². The fourth-order valence-corrected chi connectivity index (χ4v) is 1.48. The topological polar surface area (TPSA) is 66.3 Å². The van der Waals surface area contributed by atoms with Crippen LogP contribution in [0.1, 0.15) is 26.7 Å². The smallest absolute Gasteiger partial charge is 0.303 e. The molecular weight excluding hydrogens is 206 g/mol. The van der Waals surface area contributed by atoms with Crippen molar-refractivity contribution in [2.45, 2.75) is 32.7 Å². The van der Waals surface area contributed by atoms with Gasteiger partial charge in [-0.15, -0.1) is 0 Å². The van der Waals surface area contributed by atoms with Crippen LogP contribution in [0.3, 0.4) is 0 Å². The van der Waals surface area contributed by atoms with E-state index >= 15 is 0 Å². The maximum Gasteiger partial charge on any atom is 0.303 e. The molecule has 1 N–H and O–H groups in total. The van der Waals surface area contributed by atoms with E-state index in [2.05, 4.69) is 28.7 Å².